The maximum atomic E-state index is 11.4. The predicted octanol–water partition coefficient (Wildman–Crippen LogP) is 3.60. The number of hydrogen-bond donors (Lipinski definition) is 0. The molecule has 0 fully saturated rings. The van der Waals surface area contributed by atoms with Gasteiger partial charge in [0.1, 0.15) is 0 Å². The number of aryl methyl sites for hydroxylation is 1. The first kappa shape index (κ1) is 9.91. The maximum absolute atomic E-state index is 11.4. The van der Waals surface area contributed by atoms with Crippen LogP contribution in [-0.4, -0.2) is 5.78 Å². The fourth-order valence-electron chi connectivity index (χ4n) is 1.89. The Balaban J connectivity index is 2.77. The summed E-state index contributed by atoms with van der Waals surface area (Å²) in [5.41, 5.74) is 2.06. The highest BCUT2D eigenvalue weighted by atomic mass is 16.1. The maximum Gasteiger partial charge on any atom is 0.159 e. The normalized spacial score (nSPS) is 10.5. The number of fused-ring (bicyclic) bond motifs is 1. The van der Waals surface area contributed by atoms with Crippen LogP contribution < -0.4 is 0 Å². The highest BCUT2D eigenvalue weighted by Gasteiger charge is 2.05. The molecule has 0 N–H and O–H groups in total. The zero-order valence-electron chi connectivity index (χ0n) is 9.08. The summed E-state index contributed by atoms with van der Waals surface area (Å²) in [7, 11) is 0. The first-order chi connectivity index (χ1) is 7.22. The first-order valence-electron chi connectivity index (χ1n) is 5.25. The minimum Gasteiger partial charge on any atom is -0.295 e. The molecule has 0 aromatic heterocycles. The summed E-state index contributed by atoms with van der Waals surface area (Å²) in [5.74, 6) is 0.135. The molecule has 0 radical (unpaired) electrons. The third kappa shape index (κ3) is 1.78. The Morgan fingerprint density at radius 3 is 2.60 bits per heavy atom. The highest BCUT2D eigenvalue weighted by molar-refractivity contribution is 5.99. The summed E-state index contributed by atoms with van der Waals surface area (Å²) in [6.07, 6.45) is 0.960. The van der Waals surface area contributed by atoms with E-state index in [2.05, 4.69) is 19.1 Å². The Morgan fingerprint density at radius 2 is 1.93 bits per heavy atom. The van der Waals surface area contributed by atoms with Crippen LogP contribution in [0.25, 0.3) is 10.8 Å². The average molecular weight is 198 g/mol. The molecule has 0 bridgehead atoms. The van der Waals surface area contributed by atoms with Gasteiger partial charge in [0.15, 0.2) is 5.78 Å². The van der Waals surface area contributed by atoms with Gasteiger partial charge in [-0.3, -0.25) is 4.79 Å². The molecule has 0 heterocycles. The second kappa shape index (κ2) is 3.85. The van der Waals surface area contributed by atoms with Crippen molar-refractivity contribution in [3.05, 3.63) is 47.5 Å². The molecular weight excluding hydrogens is 184 g/mol. The fourth-order valence-corrected chi connectivity index (χ4v) is 1.89. The van der Waals surface area contributed by atoms with Gasteiger partial charge < -0.3 is 0 Å². The molecule has 0 aliphatic heterocycles. The summed E-state index contributed by atoms with van der Waals surface area (Å²) in [6, 6.07) is 12.2. The van der Waals surface area contributed by atoms with Gasteiger partial charge in [0.2, 0.25) is 0 Å². The lowest BCUT2D eigenvalue weighted by Crippen LogP contribution is -1.94. The van der Waals surface area contributed by atoms with E-state index in [0.29, 0.717) is 0 Å². The molecule has 0 unspecified atom stereocenters. The predicted molar refractivity (Wildman–Crippen MR) is 63.3 cm³/mol. The Bertz CT molecular complexity index is 512. The van der Waals surface area contributed by atoms with E-state index in [1.165, 1.54) is 10.9 Å². The van der Waals surface area contributed by atoms with Gasteiger partial charge in [-0.15, -0.1) is 0 Å². The van der Waals surface area contributed by atoms with Crippen LogP contribution >= 0.6 is 0 Å². The van der Waals surface area contributed by atoms with Crippen molar-refractivity contribution in [1.82, 2.24) is 0 Å². The topological polar surface area (TPSA) is 17.1 Å². The van der Waals surface area contributed by atoms with Crippen LogP contribution in [0, 0.1) is 0 Å². The monoisotopic (exact) mass is 198 g/mol. The first-order valence-corrected chi connectivity index (χ1v) is 5.25. The summed E-state index contributed by atoms with van der Waals surface area (Å²) >= 11 is 0. The quantitative estimate of drug-likeness (QED) is 0.674. The molecule has 15 heavy (non-hydrogen) atoms. The summed E-state index contributed by atoms with van der Waals surface area (Å²) < 4.78 is 0. The summed E-state index contributed by atoms with van der Waals surface area (Å²) in [4.78, 5) is 11.4. The van der Waals surface area contributed by atoms with Gasteiger partial charge in [-0.1, -0.05) is 31.2 Å². The average Bonchev–Trinajstić information content (AvgIpc) is 2.27. The van der Waals surface area contributed by atoms with E-state index in [9.17, 15) is 4.79 Å². The van der Waals surface area contributed by atoms with E-state index in [-0.39, 0.29) is 5.78 Å². The molecule has 0 amide bonds. The van der Waals surface area contributed by atoms with Crippen LogP contribution in [0.15, 0.2) is 36.4 Å². The molecule has 2 aromatic rings. The van der Waals surface area contributed by atoms with Crippen molar-refractivity contribution in [3.63, 3.8) is 0 Å². The highest BCUT2D eigenvalue weighted by Crippen LogP contribution is 2.21. The molecule has 1 nitrogen and oxygen atoms in total. The van der Waals surface area contributed by atoms with Crippen LogP contribution in [0.4, 0.5) is 0 Å². The molecule has 0 aliphatic rings. The van der Waals surface area contributed by atoms with Crippen LogP contribution in [0.2, 0.25) is 0 Å². The molecule has 0 spiro atoms. The molecule has 0 saturated heterocycles. The standard InChI is InChI=1S/C14H14O/c1-3-11-8-13(10(2)15)9-12-6-4-5-7-14(11)12/h4-9H,3H2,1-2H3. The van der Waals surface area contributed by atoms with Gasteiger partial charge in [0.25, 0.3) is 0 Å². The number of rotatable bonds is 2. The number of ketones is 1. The second-order valence-electron chi connectivity index (χ2n) is 3.77. The van der Waals surface area contributed by atoms with Crippen molar-refractivity contribution >= 4 is 16.6 Å². The largest absolute Gasteiger partial charge is 0.295 e. The zero-order valence-corrected chi connectivity index (χ0v) is 9.08. The molecule has 2 aromatic carbocycles. The second-order valence-corrected chi connectivity index (χ2v) is 3.77. The Kier molecular flexibility index (Phi) is 2.55. The van der Waals surface area contributed by atoms with Crippen LogP contribution in [0.5, 0.6) is 0 Å². The SMILES string of the molecule is CCc1cc(C(C)=O)cc2ccccc12. The Morgan fingerprint density at radius 1 is 1.20 bits per heavy atom. The van der Waals surface area contributed by atoms with Crippen molar-refractivity contribution in [2.45, 2.75) is 20.3 Å². The molecule has 76 valence electrons. The van der Waals surface area contributed by atoms with E-state index in [0.717, 1.165) is 17.4 Å². The summed E-state index contributed by atoms with van der Waals surface area (Å²) in [6.45, 7) is 3.73. The minimum absolute atomic E-state index is 0.135. The van der Waals surface area contributed by atoms with Gasteiger partial charge >= 0.3 is 0 Å². The number of Topliss-reactive ketones (excluding diaryl/α,β-unsaturated/α-hetero) is 1. The van der Waals surface area contributed by atoms with E-state index in [4.69, 9.17) is 0 Å². The minimum atomic E-state index is 0.135. The fraction of sp³-hybridized carbons (Fsp3) is 0.214. The lowest BCUT2D eigenvalue weighted by molar-refractivity contribution is 0.101. The van der Waals surface area contributed by atoms with Gasteiger partial charge in [-0.05, 0) is 41.8 Å². The molecule has 1 heteroatoms. The van der Waals surface area contributed by atoms with Crippen molar-refractivity contribution in [2.24, 2.45) is 0 Å². The van der Waals surface area contributed by atoms with E-state index >= 15 is 0 Å². The summed E-state index contributed by atoms with van der Waals surface area (Å²) in [5, 5.41) is 2.41. The molecule has 0 saturated carbocycles. The van der Waals surface area contributed by atoms with Crippen LogP contribution in [0.3, 0.4) is 0 Å². The molecular formula is C14H14O. The Hall–Kier alpha value is -1.63. The lowest BCUT2D eigenvalue weighted by Gasteiger charge is -2.06. The third-order valence-electron chi connectivity index (χ3n) is 2.73. The number of carbonyl (C=O) groups is 1. The van der Waals surface area contributed by atoms with Gasteiger partial charge in [-0.2, -0.15) is 0 Å². The Labute approximate surface area is 89.7 Å². The van der Waals surface area contributed by atoms with Gasteiger partial charge in [-0.25, -0.2) is 0 Å². The van der Waals surface area contributed by atoms with Crippen molar-refractivity contribution in [1.29, 1.82) is 0 Å². The van der Waals surface area contributed by atoms with E-state index in [1.54, 1.807) is 6.92 Å². The number of carbonyl (C=O) groups excluding carboxylic acids is 1. The zero-order chi connectivity index (χ0) is 10.8. The molecule has 2 rings (SSSR count). The molecule has 0 aliphatic carbocycles. The van der Waals surface area contributed by atoms with Crippen molar-refractivity contribution < 1.29 is 4.79 Å². The number of hydrogen-bond acceptors (Lipinski definition) is 1. The van der Waals surface area contributed by atoms with E-state index < -0.39 is 0 Å². The van der Waals surface area contributed by atoms with Gasteiger partial charge in [0, 0.05) is 5.56 Å². The van der Waals surface area contributed by atoms with Crippen LogP contribution in [0.1, 0.15) is 29.8 Å². The number of benzene rings is 2. The molecule has 0 atom stereocenters. The van der Waals surface area contributed by atoms with Crippen molar-refractivity contribution in [2.75, 3.05) is 0 Å². The lowest BCUT2D eigenvalue weighted by atomic mass is 9.98. The van der Waals surface area contributed by atoms with E-state index in [1.807, 2.05) is 24.3 Å². The van der Waals surface area contributed by atoms with Gasteiger partial charge in [0.05, 0.1) is 0 Å². The smallest absolute Gasteiger partial charge is 0.159 e. The van der Waals surface area contributed by atoms with Crippen molar-refractivity contribution in [3.8, 4) is 0 Å². The third-order valence-corrected chi connectivity index (χ3v) is 2.73. The van der Waals surface area contributed by atoms with Crippen LogP contribution in [-0.2, 0) is 6.42 Å².